The van der Waals surface area contributed by atoms with Crippen LogP contribution in [0.2, 0.25) is 0 Å². The third-order valence-electron chi connectivity index (χ3n) is 1.50. The standard InChI is InChI=1S/C7H10FIN2/c1-4(9)6-2-5(8)3-11-7(6)10/h2,4,11H,3,10H2,1H3. The SMILES string of the molecule is CC(I)C1=C(N)NCC(F)=C1. The van der Waals surface area contributed by atoms with Crippen molar-refractivity contribution in [2.45, 2.75) is 10.8 Å². The Balaban J connectivity index is 2.89. The molecule has 1 aliphatic heterocycles. The lowest BCUT2D eigenvalue weighted by molar-refractivity contribution is 0.579. The number of rotatable bonds is 1. The van der Waals surface area contributed by atoms with E-state index in [2.05, 4.69) is 27.9 Å². The maximum absolute atomic E-state index is 12.7. The average Bonchev–Trinajstić information content (AvgIpc) is 1.94. The van der Waals surface area contributed by atoms with E-state index in [0.717, 1.165) is 5.57 Å². The van der Waals surface area contributed by atoms with E-state index in [0.29, 0.717) is 5.82 Å². The molecule has 0 aromatic carbocycles. The zero-order valence-electron chi connectivity index (χ0n) is 6.20. The summed E-state index contributed by atoms with van der Waals surface area (Å²) >= 11 is 2.20. The first-order valence-corrected chi connectivity index (χ1v) is 4.59. The van der Waals surface area contributed by atoms with Gasteiger partial charge in [-0.25, -0.2) is 4.39 Å². The third kappa shape index (κ3) is 2.08. The van der Waals surface area contributed by atoms with Gasteiger partial charge in [-0.2, -0.15) is 0 Å². The number of dihydropyridines is 1. The molecule has 1 heterocycles. The van der Waals surface area contributed by atoms with Gasteiger partial charge in [0.15, 0.2) is 0 Å². The third-order valence-corrected chi connectivity index (χ3v) is 2.17. The van der Waals surface area contributed by atoms with Crippen LogP contribution < -0.4 is 11.1 Å². The van der Waals surface area contributed by atoms with Crippen LogP contribution in [-0.4, -0.2) is 10.5 Å². The molecule has 0 radical (unpaired) electrons. The van der Waals surface area contributed by atoms with Crippen molar-refractivity contribution < 1.29 is 4.39 Å². The average molecular weight is 268 g/mol. The molecule has 0 spiro atoms. The summed E-state index contributed by atoms with van der Waals surface area (Å²) < 4.78 is 12.9. The minimum Gasteiger partial charge on any atom is -0.385 e. The topological polar surface area (TPSA) is 38.0 Å². The van der Waals surface area contributed by atoms with Crippen LogP contribution in [0.5, 0.6) is 0 Å². The molecule has 62 valence electrons. The van der Waals surface area contributed by atoms with Gasteiger partial charge in [0.1, 0.15) is 11.6 Å². The lowest BCUT2D eigenvalue weighted by Crippen LogP contribution is -2.28. The quantitative estimate of drug-likeness (QED) is 0.558. The largest absolute Gasteiger partial charge is 0.385 e. The fraction of sp³-hybridized carbons (Fsp3) is 0.429. The second kappa shape index (κ2) is 3.42. The fourth-order valence-corrected chi connectivity index (χ4v) is 1.42. The molecule has 0 fully saturated rings. The second-order valence-electron chi connectivity index (χ2n) is 2.43. The first-order chi connectivity index (χ1) is 5.11. The van der Waals surface area contributed by atoms with Crippen LogP contribution in [0.4, 0.5) is 4.39 Å². The summed E-state index contributed by atoms with van der Waals surface area (Å²) in [5.74, 6) is 0.436. The number of hydrogen-bond donors (Lipinski definition) is 2. The van der Waals surface area contributed by atoms with Gasteiger partial charge in [-0.15, -0.1) is 0 Å². The Hall–Kier alpha value is -0.260. The summed E-state index contributed by atoms with van der Waals surface area (Å²) in [5, 5.41) is 2.77. The van der Waals surface area contributed by atoms with Crippen LogP contribution >= 0.6 is 22.6 Å². The summed E-state index contributed by atoms with van der Waals surface area (Å²) in [6.07, 6.45) is 1.50. The van der Waals surface area contributed by atoms with E-state index in [9.17, 15) is 4.39 Å². The molecule has 1 rings (SSSR count). The fourth-order valence-electron chi connectivity index (χ4n) is 0.908. The first kappa shape index (κ1) is 8.83. The van der Waals surface area contributed by atoms with Crippen LogP contribution in [0.15, 0.2) is 23.3 Å². The molecule has 3 N–H and O–H groups in total. The first-order valence-electron chi connectivity index (χ1n) is 3.35. The molecule has 1 unspecified atom stereocenters. The van der Waals surface area contributed by atoms with Gasteiger partial charge in [-0.3, -0.25) is 0 Å². The van der Waals surface area contributed by atoms with Crippen LogP contribution in [0.25, 0.3) is 0 Å². The highest BCUT2D eigenvalue weighted by molar-refractivity contribution is 14.1. The summed E-state index contributed by atoms with van der Waals surface area (Å²) in [5.41, 5.74) is 6.44. The van der Waals surface area contributed by atoms with E-state index in [1.165, 1.54) is 6.08 Å². The molecule has 0 saturated carbocycles. The van der Waals surface area contributed by atoms with Gasteiger partial charge in [-0.05, 0) is 13.0 Å². The smallest absolute Gasteiger partial charge is 0.119 e. The zero-order chi connectivity index (χ0) is 8.43. The van der Waals surface area contributed by atoms with Crippen molar-refractivity contribution in [2.75, 3.05) is 6.54 Å². The van der Waals surface area contributed by atoms with Gasteiger partial charge in [0.05, 0.1) is 6.54 Å². The molecule has 1 aliphatic rings. The Kier molecular flexibility index (Phi) is 2.75. The van der Waals surface area contributed by atoms with Gasteiger partial charge in [0.25, 0.3) is 0 Å². The maximum atomic E-state index is 12.7. The Morgan fingerprint density at radius 3 is 2.91 bits per heavy atom. The lowest BCUT2D eigenvalue weighted by Gasteiger charge is -2.17. The van der Waals surface area contributed by atoms with Gasteiger partial charge in [0.2, 0.25) is 0 Å². The van der Waals surface area contributed by atoms with Crippen molar-refractivity contribution in [1.82, 2.24) is 5.32 Å². The Bertz CT molecular complexity index is 220. The van der Waals surface area contributed by atoms with E-state index in [4.69, 9.17) is 5.73 Å². The molecule has 4 heteroatoms. The van der Waals surface area contributed by atoms with E-state index >= 15 is 0 Å². The molecule has 0 aromatic rings. The van der Waals surface area contributed by atoms with E-state index < -0.39 is 0 Å². The van der Waals surface area contributed by atoms with Crippen LogP contribution in [0, 0.1) is 0 Å². The van der Waals surface area contributed by atoms with Crippen LogP contribution in [-0.2, 0) is 0 Å². The normalized spacial score (nSPS) is 20.8. The van der Waals surface area contributed by atoms with Gasteiger partial charge < -0.3 is 11.1 Å². The minimum atomic E-state index is -0.155. The molecule has 0 amide bonds. The number of nitrogens with one attached hydrogen (secondary N) is 1. The molecule has 0 saturated heterocycles. The second-order valence-corrected chi connectivity index (χ2v) is 4.30. The minimum absolute atomic E-state index is 0.155. The highest BCUT2D eigenvalue weighted by Gasteiger charge is 2.13. The number of alkyl halides is 1. The summed E-state index contributed by atoms with van der Waals surface area (Å²) in [7, 11) is 0. The number of halogens is 2. The summed E-state index contributed by atoms with van der Waals surface area (Å²) in [6, 6.07) is 0. The molecule has 11 heavy (non-hydrogen) atoms. The van der Waals surface area contributed by atoms with Crippen molar-refractivity contribution in [1.29, 1.82) is 0 Å². The monoisotopic (exact) mass is 268 g/mol. The number of hydrogen-bond acceptors (Lipinski definition) is 2. The molecular formula is C7H10FIN2. The van der Waals surface area contributed by atoms with Crippen molar-refractivity contribution in [2.24, 2.45) is 5.73 Å². The number of nitrogens with two attached hydrogens (primary N) is 1. The molecule has 0 aromatic heterocycles. The van der Waals surface area contributed by atoms with E-state index in [1.807, 2.05) is 6.92 Å². The highest BCUT2D eigenvalue weighted by Crippen LogP contribution is 2.19. The van der Waals surface area contributed by atoms with Gasteiger partial charge in [-0.1, -0.05) is 22.6 Å². The number of allylic oxidation sites excluding steroid dienone is 2. The van der Waals surface area contributed by atoms with Crippen molar-refractivity contribution in [3.63, 3.8) is 0 Å². The predicted octanol–water partition coefficient (Wildman–Crippen LogP) is 1.44. The van der Waals surface area contributed by atoms with Crippen LogP contribution in [0.1, 0.15) is 6.92 Å². The summed E-state index contributed by atoms with van der Waals surface area (Å²) in [6.45, 7) is 2.19. The Morgan fingerprint density at radius 1 is 1.82 bits per heavy atom. The van der Waals surface area contributed by atoms with E-state index in [1.54, 1.807) is 0 Å². The Labute approximate surface area is 78.9 Å². The molecule has 0 aliphatic carbocycles. The predicted molar refractivity (Wildman–Crippen MR) is 51.9 cm³/mol. The van der Waals surface area contributed by atoms with Crippen LogP contribution in [0.3, 0.4) is 0 Å². The highest BCUT2D eigenvalue weighted by atomic mass is 127. The Morgan fingerprint density at radius 2 is 2.45 bits per heavy atom. The lowest BCUT2D eigenvalue weighted by atomic mass is 10.1. The van der Waals surface area contributed by atoms with E-state index in [-0.39, 0.29) is 16.3 Å². The van der Waals surface area contributed by atoms with Gasteiger partial charge in [0, 0.05) is 9.50 Å². The van der Waals surface area contributed by atoms with Crippen molar-refractivity contribution >= 4 is 22.6 Å². The molecule has 2 nitrogen and oxygen atoms in total. The molecular weight excluding hydrogens is 258 g/mol. The molecule has 0 bridgehead atoms. The molecule has 1 atom stereocenters. The summed E-state index contributed by atoms with van der Waals surface area (Å²) in [4.78, 5) is 0. The zero-order valence-corrected chi connectivity index (χ0v) is 8.35. The van der Waals surface area contributed by atoms with Gasteiger partial charge >= 0.3 is 0 Å². The van der Waals surface area contributed by atoms with Crippen molar-refractivity contribution in [3.05, 3.63) is 23.3 Å². The van der Waals surface area contributed by atoms with Crippen molar-refractivity contribution in [3.8, 4) is 0 Å². The maximum Gasteiger partial charge on any atom is 0.119 e.